The molecule has 0 spiro atoms. The minimum absolute atomic E-state index is 0.183. The fourth-order valence-corrected chi connectivity index (χ4v) is 4.03. The van der Waals surface area contributed by atoms with Crippen molar-refractivity contribution in [2.75, 3.05) is 7.05 Å². The Kier molecular flexibility index (Phi) is 4.59. The number of sulfonamides is 1. The Balaban J connectivity index is 2.11. The van der Waals surface area contributed by atoms with Gasteiger partial charge in [0.1, 0.15) is 9.97 Å². The van der Waals surface area contributed by atoms with Gasteiger partial charge in [-0.2, -0.15) is 0 Å². The molecule has 110 valence electrons. The van der Waals surface area contributed by atoms with Crippen molar-refractivity contribution in [1.82, 2.24) is 15.2 Å². The summed E-state index contributed by atoms with van der Waals surface area (Å²) in [5.41, 5.74) is 2.43. The van der Waals surface area contributed by atoms with Crippen LogP contribution in [-0.4, -0.2) is 20.6 Å². The molecule has 8 heteroatoms. The fraction of sp³-hybridized carbons (Fsp3) is 0.417. The highest BCUT2D eigenvalue weighted by Gasteiger charge is 2.18. The smallest absolute Gasteiger partial charge is 0.250 e. The first-order valence-corrected chi connectivity index (χ1v) is 8.43. The van der Waals surface area contributed by atoms with Crippen molar-refractivity contribution in [2.24, 2.45) is 0 Å². The molecule has 0 aliphatic rings. The van der Waals surface area contributed by atoms with Gasteiger partial charge in [-0.05, 0) is 37.9 Å². The summed E-state index contributed by atoms with van der Waals surface area (Å²) in [5, 5.41) is 8.63. The molecular formula is C12H17N3O3S2. The molecule has 0 atom stereocenters. The van der Waals surface area contributed by atoms with Gasteiger partial charge in [-0.3, -0.25) is 0 Å². The molecule has 0 saturated carbocycles. The van der Waals surface area contributed by atoms with Gasteiger partial charge in [0.25, 0.3) is 0 Å². The van der Waals surface area contributed by atoms with Crippen molar-refractivity contribution in [2.45, 2.75) is 31.1 Å². The maximum atomic E-state index is 12.2. The molecule has 6 nitrogen and oxygen atoms in total. The Hall–Kier alpha value is -1.22. The summed E-state index contributed by atoms with van der Waals surface area (Å²) < 4.78 is 32.3. The van der Waals surface area contributed by atoms with Crippen molar-refractivity contribution >= 4 is 21.4 Å². The topological polar surface area (TPSA) is 84.2 Å². The lowest BCUT2D eigenvalue weighted by Gasteiger charge is -2.04. The number of aromatic nitrogens is 1. The second-order valence-electron chi connectivity index (χ2n) is 4.43. The third-order valence-electron chi connectivity index (χ3n) is 2.90. The number of rotatable bonds is 6. The zero-order valence-electron chi connectivity index (χ0n) is 11.6. The first kappa shape index (κ1) is 15.2. The molecule has 2 aromatic rings. The molecule has 0 aliphatic carbocycles. The van der Waals surface area contributed by atoms with Gasteiger partial charge in [0.15, 0.2) is 0 Å². The number of thiophene rings is 1. The van der Waals surface area contributed by atoms with E-state index in [1.165, 1.54) is 11.3 Å². The van der Waals surface area contributed by atoms with Gasteiger partial charge < -0.3 is 9.84 Å². The molecule has 0 fully saturated rings. The monoisotopic (exact) mass is 315 g/mol. The minimum atomic E-state index is -3.50. The van der Waals surface area contributed by atoms with Crippen LogP contribution in [0.4, 0.5) is 0 Å². The Labute approximate surface area is 122 Å². The third kappa shape index (κ3) is 3.26. The molecule has 0 aromatic carbocycles. The lowest BCUT2D eigenvalue weighted by atomic mass is 10.2. The molecule has 2 heterocycles. The van der Waals surface area contributed by atoms with Crippen LogP contribution in [0.25, 0.3) is 0 Å². The third-order valence-corrected chi connectivity index (χ3v) is 5.79. The highest BCUT2D eigenvalue weighted by atomic mass is 32.2. The summed E-state index contributed by atoms with van der Waals surface area (Å²) in [6.07, 6.45) is 0. The summed E-state index contributed by atoms with van der Waals surface area (Å²) in [7, 11) is -1.68. The highest BCUT2D eigenvalue weighted by Crippen LogP contribution is 2.21. The second-order valence-corrected chi connectivity index (χ2v) is 7.34. The van der Waals surface area contributed by atoms with Crippen molar-refractivity contribution in [3.63, 3.8) is 0 Å². The zero-order valence-corrected chi connectivity index (χ0v) is 13.2. The van der Waals surface area contributed by atoms with E-state index in [0.29, 0.717) is 22.2 Å². The minimum Gasteiger partial charge on any atom is -0.361 e. The van der Waals surface area contributed by atoms with E-state index in [0.717, 1.165) is 11.1 Å². The van der Waals surface area contributed by atoms with Gasteiger partial charge >= 0.3 is 0 Å². The number of hydrogen-bond acceptors (Lipinski definition) is 6. The number of hydrogen-bond donors (Lipinski definition) is 2. The van der Waals surface area contributed by atoms with Crippen molar-refractivity contribution in [3.8, 4) is 0 Å². The van der Waals surface area contributed by atoms with Crippen LogP contribution in [-0.2, 0) is 23.1 Å². The van der Waals surface area contributed by atoms with Gasteiger partial charge in [-0.25, -0.2) is 13.1 Å². The summed E-state index contributed by atoms with van der Waals surface area (Å²) >= 11 is 1.21. The molecule has 0 bridgehead atoms. The molecule has 0 saturated heterocycles. The summed E-state index contributed by atoms with van der Waals surface area (Å²) in [6, 6.07) is 1.68. The van der Waals surface area contributed by atoms with Crippen molar-refractivity contribution < 1.29 is 12.9 Å². The predicted molar refractivity (Wildman–Crippen MR) is 77.1 cm³/mol. The molecule has 2 rings (SSSR count). The average Bonchev–Trinajstić information content (AvgIpc) is 2.97. The van der Waals surface area contributed by atoms with E-state index < -0.39 is 10.0 Å². The van der Waals surface area contributed by atoms with Crippen LogP contribution in [0.15, 0.2) is 20.2 Å². The number of nitrogens with zero attached hydrogens (tertiary/aromatic N) is 1. The predicted octanol–water partition coefficient (Wildman–Crippen LogP) is 1.55. The largest absolute Gasteiger partial charge is 0.361 e. The van der Waals surface area contributed by atoms with Gasteiger partial charge in [0.2, 0.25) is 10.0 Å². The van der Waals surface area contributed by atoms with E-state index in [2.05, 4.69) is 15.2 Å². The SMILES string of the molecule is CNCc1csc(S(=O)(=O)NCc2c(C)noc2C)c1. The Bertz CT molecular complexity index is 669. The van der Waals surface area contributed by atoms with E-state index >= 15 is 0 Å². The van der Waals surface area contributed by atoms with E-state index in [1.54, 1.807) is 19.9 Å². The maximum absolute atomic E-state index is 12.2. The molecule has 0 aliphatic heterocycles. The van der Waals surface area contributed by atoms with Gasteiger partial charge in [0.05, 0.1) is 5.69 Å². The Morgan fingerprint density at radius 2 is 2.10 bits per heavy atom. The molecule has 0 unspecified atom stereocenters. The summed E-state index contributed by atoms with van der Waals surface area (Å²) in [6.45, 7) is 4.38. The first-order valence-electron chi connectivity index (χ1n) is 6.07. The van der Waals surface area contributed by atoms with Crippen molar-refractivity contribution in [3.05, 3.63) is 34.0 Å². The van der Waals surface area contributed by atoms with Crippen LogP contribution >= 0.6 is 11.3 Å². The molecular weight excluding hydrogens is 298 g/mol. The van der Waals surface area contributed by atoms with Crippen molar-refractivity contribution in [1.29, 1.82) is 0 Å². The molecule has 2 N–H and O–H groups in total. The molecule has 20 heavy (non-hydrogen) atoms. The average molecular weight is 315 g/mol. The van der Waals surface area contributed by atoms with Crippen LogP contribution in [0.3, 0.4) is 0 Å². The second kappa shape index (κ2) is 6.04. The summed E-state index contributed by atoms with van der Waals surface area (Å²) in [5.74, 6) is 0.632. The Morgan fingerprint density at radius 1 is 1.35 bits per heavy atom. The fourth-order valence-electron chi connectivity index (χ4n) is 1.78. The Morgan fingerprint density at radius 3 is 2.70 bits per heavy atom. The van der Waals surface area contributed by atoms with E-state index in [9.17, 15) is 8.42 Å². The van der Waals surface area contributed by atoms with E-state index in [4.69, 9.17) is 4.52 Å². The maximum Gasteiger partial charge on any atom is 0.250 e. The summed E-state index contributed by atoms with van der Waals surface area (Å²) in [4.78, 5) is 0. The van der Waals surface area contributed by atoms with Gasteiger partial charge in [-0.15, -0.1) is 11.3 Å². The van der Waals surface area contributed by atoms with Gasteiger partial charge in [0, 0.05) is 18.7 Å². The zero-order chi connectivity index (χ0) is 14.8. The number of aryl methyl sites for hydroxylation is 2. The lowest BCUT2D eigenvalue weighted by molar-refractivity contribution is 0.392. The molecule has 0 amide bonds. The standard InChI is InChI=1S/C12H17N3O3S2/c1-8-11(9(2)18-15-8)6-14-20(16,17)12-4-10(5-13-3)7-19-12/h4,7,13-14H,5-6H2,1-3H3. The van der Waals surface area contributed by atoms with Crippen LogP contribution in [0.5, 0.6) is 0 Å². The highest BCUT2D eigenvalue weighted by molar-refractivity contribution is 7.91. The van der Waals surface area contributed by atoms with Crippen LogP contribution in [0.2, 0.25) is 0 Å². The van der Waals surface area contributed by atoms with E-state index in [-0.39, 0.29) is 6.54 Å². The lowest BCUT2D eigenvalue weighted by Crippen LogP contribution is -2.23. The van der Waals surface area contributed by atoms with E-state index in [1.807, 2.05) is 12.4 Å². The number of nitrogens with one attached hydrogen (secondary N) is 2. The quantitative estimate of drug-likeness (QED) is 0.845. The van der Waals surface area contributed by atoms with Crippen LogP contribution < -0.4 is 10.0 Å². The normalized spacial score (nSPS) is 11.9. The van der Waals surface area contributed by atoms with Crippen LogP contribution in [0, 0.1) is 13.8 Å². The van der Waals surface area contributed by atoms with Crippen LogP contribution in [0.1, 0.15) is 22.6 Å². The molecule has 2 aromatic heterocycles. The van der Waals surface area contributed by atoms with Gasteiger partial charge in [-0.1, -0.05) is 5.16 Å². The molecule has 0 radical (unpaired) electrons. The first-order chi connectivity index (χ1) is 9.44.